The van der Waals surface area contributed by atoms with Crippen LogP contribution in [0.3, 0.4) is 0 Å². The van der Waals surface area contributed by atoms with Crippen molar-refractivity contribution >= 4 is 11.6 Å². The minimum absolute atomic E-state index is 0.0352. The highest BCUT2D eigenvalue weighted by Crippen LogP contribution is 2.29. The fourth-order valence-electron chi connectivity index (χ4n) is 2.46. The molecule has 1 fully saturated rings. The number of rotatable bonds is 4. The van der Waals surface area contributed by atoms with Crippen molar-refractivity contribution in [1.82, 2.24) is 0 Å². The number of hydrogen-bond donors (Lipinski definition) is 3. The quantitative estimate of drug-likeness (QED) is 0.567. The van der Waals surface area contributed by atoms with Crippen molar-refractivity contribution in [2.75, 3.05) is 5.32 Å². The Labute approximate surface area is 107 Å². The van der Waals surface area contributed by atoms with Crippen LogP contribution in [0.15, 0.2) is 18.2 Å². The fraction of sp³-hybridized carbons (Fsp3) is 0.500. The van der Waals surface area contributed by atoms with Gasteiger partial charge in [-0.05, 0) is 24.5 Å². The van der Waals surface area contributed by atoms with Crippen molar-refractivity contribution in [1.29, 1.82) is 0 Å². The Morgan fingerprint density at radius 3 is 2.61 bits per heavy atom. The summed E-state index contributed by atoms with van der Waals surface area (Å²) in [5.41, 5.74) is 0.515. The Bertz CT molecular complexity index is 425. The first kappa shape index (κ1) is 12.7. The summed E-state index contributed by atoms with van der Waals surface area (Å²) in [4.78, 5) is 11.7. The van der Waals surface area contributed by atoms with Gasteiger partial charge in [0.2, 0.25) is 5.91 Å². The Balaban J connectivity index is 1.80. The zero-order valence-electron chi connectivity index (χ0n) is 10.4. The molecule has 1 saturated carbocycles. The van der Waals surface area contributed by atoms with Gasteiger partial charge in [0, 0.05) is 18.2 Å². The molecule has 0 radical (unpaired) electrons. The van der Waals surface area contributed by atoms with Crippen molar-refractivity contribution in [3.63, 3.8) is 0 Å². The maximum atomic E-state index is 11.7. The van der Waals surface area contributed by atoms with Gasteiger partial charge in [-0.25, -0.2) is 0 Å². The Morgan fingerprint density at radius 2 is 1.94 bits per heavy atom. The van der Waals surface area contributed by atoms with E-state index in [0.29, 0.717) is 18.0 Å². The van der Waals surface area contributed by atoms with Gasteiger partial charge in [-0.1, -0.05) is 25.7 Å². The first-order valence-corrected chi connectivity index (χ1v) is 6.47. The molecule has 1 aliphatic rings. The third kappa shape index (κ3) is 3.39. The highest BCUT2D eigenvalue weighted by molar-refractivity contribution is 5.91. The van der Waals surface area contributed by atoms with Crippen LogP contribution in [0.5, 0.6) is 11.5 Å². The van der Waals surface area contributed by atoms with Gasteiger partial charge in [0.25, 0.3) is 0 Å². The zero-order chi connectivity index (χ0) is 13.0. The lowest BCUT2D eigenvalue weighted by Crippen LogP contribution is -2.12. The molecule has 0 heterocycles. The number of phenolic OH excluding ortho intramolecular Hbond substituents is 2. The average Bonchev–Trinajstić information content (AvgIpc) is 2.84. The predicted octanol–water partition coefficient (Wildman–Crippen LogP) is 3.01. The third-order valence-corrected chi connectivity index (χ3v) is 3.51. The summed E-state index contributed by atoms with van der Waals surface area (Å²) in [6, 6.07) is 4.28. The number of nitrogens with one attached hydrogen (secondary N) is 1. The minimum atomic E-state index is -0.219. The smallest absolute Gasteiger partial charge is 0.224 e. The maximum Gasteiger partial charge on any atom is 0.224 e. The molecule has 2 rings (SSSR count). The van der Waals surface area contributed by atoms with Crippen LogP contribution in [0.4, 0.5) is 5.69 Å². The van der Waals surface area contributed by atoms with Crippen LogP contribution < -0.4 is 5.32 Å². The standard InChI is InChI=1S/C14H19NO3/c16-12-7-6-11(9-13(12)17)15-14(18)8-5-10-3-1-2-4-10/h6-7,9-10,16-17H,1-5,8H2,(H,15,18). The zero-order valence-corrected chi connectivity index (χ0v) is 10.4. The number of benzene rings is 1. The van der Waals surface area contributed by atoms with Gasteiger partial charge in [0.1, 0.15) is 0 Å². The van der Waals surface area contributed by atoms with E-state index in [2.05, 4.69) is 5.32 Å². The molecule has 1 amide bonds. The molecule has 0 aliphatic heterocycles. The molecular formula is C14H19NO3. The molecule has 1 aromatic carbocycles. The van der Waals surface area contributed by atoms with Crippen molar-refractivity contribution in [2.45, 2.75) is 38.5 Å². The van der Waals surface area contributed by atoms with E-state index in [0.717, 1.165) is 6.42 Å². The number of phenols is 2. The SMILES string of the molecule is O=C(CCC1CCCC1)Nc1ccc(O)c(O)c1. The van der Waals surface area contributed by atoms with E-state index < -0.39 is 0 Å². The number of carbonyl (C=O) groups is 1. The van der Waals surface area contributed by atoms with Crippen molar-refractivity contribution < 1.29 is 15.0 Å². The van der Waals surface area contributed by atoms with Crippen LogP contribution >= 0.6 is 0 Å². The van der Waals surface area contributed by atoms with Crippen molar-refractivity contribution in [3.05, 3.63) is 18.2 Å². The van der Waals surface area contributed by atoms with Crippen LogP contribution in [0.25, 0.3) is 0 Å². The Morgan fingerprint density at radius 1 is 1.22 bits per heavy atom. The summed E-state index contributed by atoms with van der Waals surface area (Å²) in [5.74, 6) is 0.263. The van der Waals surface area contributed by atoms with Crippen LogP contribution in [0.1, 0.15) is 38.5 Å². The lowest BCUT2D eigenvalue weighted by molar-refractivity contribution is -0.116. The van der Waals surface area contributed by atoms with E-state index in [4.69, 9.17) is 5.11 Å². The highest BCUT2D eigenvalue weighted by Gasteiger charge is 2.16. The molecular weight excluding hydrogens is 230 g/mol. The summed E-state index contributed by atoms with van der Waals surface area (Å²) in [7, 11) is 0. The summed E-state index contributed by atoms with van der Waals surface area (Å²) in [6.07, 6.45) is 6.53. The molecule has 0 spiro atoms. The first-order valence-electron chi connectivity index (χ1n) is 6.47. The first-order chi connectivity index (χ1) is 8.65. The molecule has 18 heavy (non-hydrogen) atoms. The number of anilines is 1. The average molecular weight is 249 g/mol. The molecule has 4 nitrogen and oxygen atoms in total. The molecule has 0 saturated heterocycles. The second kappa shape index (κ2) is 5.76. The van der Waals surface area contributed by atoms with Crippen LogP contribution in [0, 0.1) is 5.92 Å². The molecule has 0 unspecified atom stereocenters. The van der Waals surface area contributed by atoms with E-state index in [1.165, 1.54) is 37.8 Å². The van der Waals surface area contributed by atoms with Crippen molar-refractivity contribution in [3.8, 4) is 11.5 Å². The van der Waals surface area contributed by atoms with Gasteiger partial charge in [0.05, 0.1) is 0 Å². The number of hydrogen-bond acceptors (Lipinski definition) is 3. The van der Waals surface area contributed by atoms with Gasteiger partial charge in [-0.3, -0.25) is 4.79 Å². The topological polar surface area (TPSA) is 69.6 Å². The number of carbonyl (C=O) groups excluding carboxylic acids is 1. The minimum Gasteiger partial charge on any atom is -0.504 e. The third-order valence-electron chi connectivity index (χ3n) is 3.51. The molecule has 98 valence electrons. The molecule has 1 aliphatic carbocycles. The molecule has 3 N–H and O–H groups in total. The lowest BCUT2D eigenvalue weighted by Gasteiger charge is -2.09. The van der Waals surface area contributed by atoms with E-state index in [1.807, 2.05) is 0 Å². The largest absolute Gasteiger partial charge is 0.504 e. The summed E-state index contributed by atoms with van der Waals surface area (Å²) in [5, 5.41) is 21.2. The summed E-state index contributed by atoms with van der Waals surface area (Å²) >= 11 is 0. The Kier molecular flexibility index (Phi) is 4.07. The monoisotopic (exact) mass is 249 g/mol. The maximum absolute atomic E-state index is 11.7. The predicted molar refractivity (Wildman–Crippen MR) is 69.6 cm³/mol. The molecule has 0 aromatic heterocycles. The highest BCUT2D eigenvalue weighted by atomic mass is 16.3. The van der Waals surface area contributed by atoms with Gasteiger partial charge in [0.15, 0.2) is 11.5 Å². The normalized spacial score (nSPS) is 15.8. The van der Waals surface area contributed by atoms with Gasteiger partial charge < -0.3 is 15.5 Å². The van der Waals surface area contributed by atoms with Crippen LogP contribution in [-0.2, 0) is 4.79 Å². The molecule has 4 heteroatoms. The molecule has 1 aromatic rings. The van der Waals surface area contributed by atoms with Gasteiger partial charge >= 0.3 is 0 Å². The lowest BCUT2D eigenvalue weighted by atomic mass is 10.0. The fourth-order valence-corrected chi connectivity index (χ4v) is 2.46. The Hall–Kier alpha value is -1.71. The van der Waals surface area contributed by atoms with Crippen LogP contribution in [0.2, 0.25) is 0 Å². The van der Waals surface area contributed by atoms with E-state index >= 15 is 0 Å². The molecule has 0 atom stereocenters. The van der Waals surface area contributed by atoms with Gasteiger partial charge in [-0.15, -0.1) is 0 Å². The van der Waals surface area contributed by atoms with E-state index in [1.54, 1.807) is 6.07 Å². The van der Waals surface area contributed by atoms with Crippen LogP contribution in [-0.4, -0.2) is 16.1 Å². The second-order valence-electron chi connectivity index (χ2n) is 4.94. The summed E-state index contributed by atoms with van der Waals surface area (Å²) in [6.45, 7) is 0. The second-order valence-corrected chi connectivity index (χ2v) is 4.94. The number of amides is 1. The summed E-state index contributed by atoms with van der Waals surface area (Å²) < 4.78 is 0. The molecule has 0 bridgehead atoms. The van der Waals surface area contributed by atoms with Crippen molar-refractivity contribution in [2.24, 2.45) is 5.92 Å². The number of aromatic hydroxyl groups is 2. The van der Waals surface area contributed by atoms with Gasteiger partial charge in [-0.2, -0.15) is 0 Å². The van der Waals surface area contributed by atoms with E-state index in [9.17, 15) is 9.90 Å². The van der Waals surface area contributed by atoms with E-state index in [-0.39, 0.29) is 17.4 Å².